The van der Waals surface area contributed by atoms with Crippen LogP contribution in [0.5, 0.6) is 0 Å². The molecule has 1 atom stereocenters. The summed E-state index contributed by atoms with van der Waals surface area (Å²) in [5, 5.41) is 15.1. The number of aliphatic hydroxyl groups excluding tert-OH is 1. The summed E-state index contributed by atoms with van der Waals surface area (Å²) >= 11 is 0. The Balaban J connectivity index is 1.33. The van der Waals surface area contributed by atoms with Crippen molar-refractivity contribution >= 4 is 22.7 Å². The molecule has 7 rings (SSSR count). The number of aliphatic hydroxyl groups is 1. The first kappa shape index (κ1) is 24.5. The maximum Gasteiger partial charge on any atom is 0.227 e. The monoisotopic (exact) mass is 525 g/mol. The van der Waals surface area contributed by atoms with E-state index in [1.165, 1.54) is 5.56 Å². The first-order valence-electron chi connectivity index (χ1n) is 14.1. The third-order valence-electron chi connectivity index (χ3n) is 9.01. The average molecular weight is 526 g/mol. The highest BCUT2D eigenvalue weighted by molar-refractivity contribution is 5.94. The predicted molar refractivity (Wildman–Crippen MR) is 151 cm³/mol. The molecule has 0 bridgehead atoms. The number of benzene rings is 2. The summed E-state index contributed by atoms with van der Waals surface area (Å²) in [5.41, 5.74) is 5.42. The maximum absolute atomic E-state index is 9.93. The number of nitrogens with zero attached hydrogens (tertiary/aromatic N) is 5. The number of hydrogen-bond acceptors (Lipinski definition) is 8. The molecular formula is C31H35N5O3. The molecule has 3 aliphatic rings. The summed E-state index contributed by atoms with van der Waals surface area (Å²) in [6.45, 7) is 7.79. The van der Waals surface area contributed by atoms with Crippen molar-refractivity contribution in [2.75, 3.05) is 42.6 Å². The molecule has 2 aliphatic heterocycles. The van der Waals surface area contributed by atoms with Crippen molar-refractivity contribution in [3.63, 3.8) is 0 Å². The van der Waals surface area contributed by atoms with Gasteiger partial charge >= 0.3 is 0 Å². The fraction of sp³-hybridized carbons (Fsp3) is 0.452. The number of piperidine rings is 1. The van der Waals surface area contributed by atoms with E-state index in [0.29, 0.717) is 18.6 Å². The number of aryl methyl sites for hydroxylation is 2. The van der Waals surface area contributed by atoms with Gasteiger partial charge in [0.1, 0.15) is 11.6 Å². The fourth-order valence-electron chi connectivity index (χ4n) is 6.85. The molecule has 1 aliphatic carbocycles. The van der Waals surface area contributed by atoms with E-state index in [4.69, 9.17) is 19.2 Å². The largest absolute Gasteiger partial charge is 0.393 e. The van der Waals surface area contributed by atoms with Gasteiger partial charge in [-0.15, -0.1) is 0 Å². The Morgan fingerprint density at radius 1 is 0.974 bits per heavy atom. The number of morpholine rings is 1. The highest BCUT2D eigenvalue weighted by atomic mass is 16.5. The lowest BCUT2D eigenvalue weighted by Gasteiger charge is -2.50. The van der Waals surface area contributed by atoms with Crippen LogP contribution in [0.3, 0.4) is 0 Å². The van der Waals surface area contributed by atoms with Crippen LogP contribution in [0.25, 0.3) is 22.0 Å². The molecular weight excluding hydrogens is 490 g/mol. The smallest absolute Gasteiger partial charge is 0.227 e. The average Bonchev–Trinajstić information content (AvgIpc) is 3.30. The molecule has 0 radical (unpaired) electrons. The Morgan fingerprint density at radius 3 is 2.49 bits per heavy atom. The predicted octanol–water partition coefficient (Wildman–Crippen LogP) is 5.22. The molecule has 1 unspecified atom stereocenters. The highest BCUT2D eigenvalue weighted by Gasteiger charge is 2.45. The van der Waals surface area contributed by atoms with Crippen molar-refractivity contribution in [2.24, 2.45) is 5.41 Å². The van der Waals surface area contributed by atoms with Crippen molar-refractivity contribution in [1.29, 1.82) is 0 Å². The van der Waals surface area contributed by atoms with Crippen molar-refractivity contribution in [2.45, 2.75) is 51.7 Å². The van der Waals surface area contributed by atoms with Crippen LogP contribution < -0.4 is 9.80 Å². The van der Waals surface area contributed by atoms with Gasteiger partial charge in [0, 0.05) is 30.6 Å². The molecule has 0 amide bonds. The number of anilines is 2. The van der Waals surface area contributed by atoms with Gasteiger partial charge in [-0.25, -0.2) is 4.98 Å². The highest BCUT2D eigenvalue weighted by Crippen LogP contribution is 2.49. The van der Waals surface area contributed by atoms with Gasteiger partial charge in [0.05, 0.1) is 36.6 Å². The summed E-state index contributed by atoms with van der Waals surface area (Å²) in [5.74, 6) is 2.54. The van der Waals surface area contributed by atoms with Crippen LogP contribution >= 0.6 is 0 Å². The minimum atomic E-state index is -0.122. The maximum atomic E-state index is 9.93. The van der Waals surface area contributed by atoms with Gasteiger partial charge in [0.2, 0.25) is 5.95 Å². The Bertz CT molecular complexity index is 1470. The van der Waals surface area contributed by atoms with E-state index >= 15 is 0 Å². The van der Waals surface area contributed by atoms with E-state index in [-0.39, 0.29) is 12.1 Å². The Morgan fingerprint density at radius 2 is 1.77 bits per heavy atom. The molecule has 2 saturated heterocycles. The SMILES string of the molecule is Cc1noc(C)c1-c1ccc2nc(N3CCC4(CC3)CC(O)C4)nc(N3CCOCC3c3ccccc3)c2c1. The third kappa shape index (κ3) is 4.36. The van der Waals surface area contributed by atoms with Crippen molar-refractivity contribution < 1.29 is 14.4 Å². The Kier molecular flexibility index (Phi) is 6.05. The number of fused-ring (bicyclic) bond motifs is 1. The van der Waals surface area contributed by atoms with E-state index < -0.39 is 0 Å². The first-order valence-corrected chi connectivity index (χ1v) is 14.1. The molecule has 4 heterocycles. The van der Waals surface area contributed by atoms with E-state index in [9.17, 15) is 5.11 Å². The van der Waals surface area contributed by atoms with Crippen LogP contribution in [0.1, 0.15) is 48.7 Å². The molecule has 1 spiro atoms. The molecule has 1 saturated carbocycles. The number of hydrogen-bond donors (Lipinski definition) is 1. The van der Waals surface area contributed by atoms with Gasteiger partial charge in [-0.2, -0.15) is 4.98 Å². The summed E-state index contributed by atoms with van der Waals surface area (Å²) in [7, 11) is 0. The van der Waals surface area contributed by atoms with Crippen LogP contribution in [0.15, 0.2) is 53.1 Å². The lowest BCUT2D eigenvalue weighted by molar-refractivity contribution is -0.0465. The molecule has 8 heteroatoms. The molecule has 202 valence electrons. The molecule has 2 aromatic carbocycles. The lowest BCUT2D eigenvalue weighted by Crippen LogP contribution is -2.49. The van der Waals surface area contributed by atoms with Gasteiger partial charge < -0.3 is 24.2 Å². The zero-order valence-corrected chi connectivity index (χ0v) is 22.6. The van der Waals surface area contributed by atoms with Crippen LogP contribution in [-0.4, -0.2) is 59.2 Å². The Labute approximate surface area is 228 Å². The second kappa shape index (κ2) is 9.61. The normalized spacial score (nSPS) is 21.5. The number of ether oxygens (including phenoxy) is 1. The fourth-order valence-corrected chi connectivity index (χ4v) is 6.85. The van der Waals surface area contributed by atoms with Crippen LogP contribution in [-0.2, 0) is 4.74 Å². The quantitative estimate of drug-likeness (QED) is 0.388. The summed E-state index contributed by atoms with van der Waals surface area (Å²) < 4.78 is 11.5. The lowest BCUT2D eigenvalue weighted by atomic mass is 9.61. The summed E-state index contributed by atoms with van der Waals surface area (Å²) in [6.07, 6.45) is 3.90. The zero-order chi connectivity index (χ0) is 26.6. The molecule has 8 nitrogen and oxygen atoms in total. The minimum Gasteiger partial charge on any atom is -0.393 e. The van der Waals surface area contributed by atoms with Gasteiger partial charge in [-0.3, -0.25) is 0 Å². The van der Waals surface area contributed by atoms with E-state index in [1.54, 1.807) is 0 Å². The summed E-state index contributed by atoms with van der Waals surface area (Å²) in [4.78, 5) is 15.1. The standard InChI is InChI=1S/C31H35N5O3/c1-20-28(21(2)39-34-20)23-8-9-26-25(16-23)29(36-14-15-38-19-27(36)22-6-4-3-5-7-22)33-30(32-26)35-12-10-31(11-13-35)17-24(37)18-31/h3-9,16,24,27,37H,10-15,17-19H2,1-2H3. The first-order chi connectivity index (χ1) is 19.0. The van der Waals surface area contributed by atoms with Gasteiger partial charge in [0.15, 0.2) is 0 Å². The van der Waals surface area contributed by atoms with Crippen LogP contribution in [0, 0.1) is 19.3 Å². The van der Waals surface area contributed by atoms with Crippen molar-refractivity contribution in [3.05, 3.63) is 65.5 Å². The van der Waals surface area contributed by atoms with E-state index in [0.717, 1.165) is 90.6 Å². The molecule has 4 aromatic rings. The summed E-state index contributed by atoms with van der Waals surface area (Å²) in [6, 6.07) is 17.0. The van der Waals surface area contributed by atoms with E-state index in [2.05, 4.69) is 63.5 Å². The molecule has 39 heavy (non-hydrogen) atoms. The molecule has 2 aromatic heterocycles. The zero-order valence-electron chi connectivity index (χ0n) is 22.6. The molecule has 1 N–H and O–H groups in total. The second-order valence-electron chi connectivity index (χ2n) is 11.5. The number of aromatic nitrogens is 3. The van der Waals surface area contributed by atoms with Gasteiger partial charge in [-0.05, 0) is 68.2 Å². The third-order valence-corrected chi connectivity index (χ3v) is 9.01. The topological polar surface area (TPSA) is 87.8 Å². The minimum absolute atomic E-state index is 0.0645. The Hall–Kier alpha value is -3.49. The van der Waals surface area contributed by atoms with Gasteiger partial charge in [0.25, 0.3) is 0 Å². The molecule has 3 fully saturated rings. The van der Waals surface area contributed by atoms with Crippen LogP contribution in [0.2, 0.25) is 0 Å². The second-order valence-corrected chi connectivity index (χ2v) is 11.5. The van der Waals surface area contributed by atoms with Gasteiger partial charge in [-0.1, -0.05) is 41.6 Å². The van der Waals surface area contributed by atoms with E-state index in [1.807, 2.05) is 13.8 Å². The van der Waals surface area contributed by atoms with Crippen molar-refractivity contribution in [1.82, 2.24) is 15.1 Å². The van der Waals surface area contributed by atoms with Crippen molar-refractivity contribution in [3.8, 4) is 11.1 Å². The number of rotatable bonds is 4. The van der Waals surface area contributed by atoms with Crippen LogP contribution in [0.4, 0.5) is 11.8 Å².